The molecule has 0 radical (unpaired) electrons. The molecule has 1 aliphatic heterocycles. The zero-order valence-electron chi connectivity index (χ0n) is 28.6. The smallest absolute Gasteiger partial charge is 0.220 e. The number of amides is 1. The minimum Gasteiger partial charge on any atom is -0.493 e. The lowest BCUT2D eigenvalue weighted by molar-refractivity contribution is -0.121. The van der Waals surface area contributed by atoms with Crippen molar-refractivity contribution in [2.24, 2.45) is 0 Å². The highest BCUT2D eigenvalue weighted by Crippen LogP contribution is 2.42. The van der Waals surface area contributed by atoms with Gasteiger partial charge in [0.05, 0.1) is 14.2 Å². The van der Waals surface area contributed by atoms with E-state index in [-0.39, 0.29) is 17.1 Å². The fourth-order valence-corrected chi connectivity index (χ4v) is 6.93. The summed E-state index contributed by atoms with van der Waals surface area (Å²) in [6, 6.07) is 21.8. The topological polar surface area (TPSA) is 50.8 Å². The van der Waals surface area contributed by atoms with Gasteiger partial charge in [-0.3, -0.25) is 9.69 Å². The molecule has 250 valence electrons. The van der Waals surface area contributed by atoms with Gasteiger partial charge in [-0.15, -0.1) is 0 Å². The summed E-state index contributed by atoms with van der Waals surface area (Å²) >= 11 is 0. The fraction of sp³-hybridized carbons (Fsp3) is 0.390. The molecule has 1 aliphatic rings. The summed E-state index contributed by atoms with van der Waals surface area (Å²) < 4.78 is 24.4. The molecule has 2 atom stereocenters. The Labute approximate surface area is 281 Å². The Balaban J connectivity index is 1.48. The summed E-state index contributed by atoms with van der Waals surface area (Å²) in [5, 5.41) is 3.13. The molecule has 0 fully saturated rings. The molecule has 4 rings (SSSR count). The lowest BCUT2D eigenvalue weighted by Gasteiger charge is -2.39. The highest BCUT2D eigenvalue weighted by atomic mass is 19.1. The normalized spacial score (nSPS) is 16.4. The zero-order chi connectivity index (χ0) is 33.6. The molecule has 2 unspecified atom stereocenters. The van der Waals surface area contributed by atoms with Crippen LogP contribution in [0.2, 0.25) is 0 Å². The molecule has 1 amide bonds. The third kappa shape index (κ3) is 9.45. The number of nitrogens with zero attached hydrogens (tertiary/aromatic N) is 1. The molecule has 0 aromatic heterocycles. The van der Waals surface area contributed by atoms with Crippen molar-refractivity contribution in [2.75, 3.05) is 27.3 Å². The summed E-state index contributed by atoms with van der Waals surface area (Å²) in [7, 11) is 3.38. The van der Waals surface area contributed by atoms with Gasteiger partial charge in [0.1, 0.15) is 5.82 Å². The average molecular weight is 639 g/mol. The van der Waals surface area contributed by atoms with E-state index in [9.17, 15) is 9.18 Å². The van der Waals surface area contributed by atoms with E-state index >= 15 is 0 Å². The molecule has 3 aromatic carbocycles. The Hall–Kier alpha value is -4.16. The largest absolute Gasteiger partial charge is 0.493 e. The van der Waals surface area contributed by atoms with Gasteiger partial charge in [0.2, 0.25) is 5.91 Å². The molecule has 0 bridgehead atoms. The van der Waals surface area contributed by atoms with Gasteiger partial charge in [0.25, 0.3) is 0 Å². The summed E-state index contributed by atoms with van der Waals surface area (Å²) in [6.45, 7) is 10.9. The Kier molecular flexibility index (Phi) is 13.4. The van der Waals surface area contributed by atoms with Gasteiger partial charge in [-0.25, -0.2) is 4.39 Å². The van der Waals surface area contributed by atoms with E-state index < -0.39 is 0 Å². The zero-order valence-corrected chi connectivity index (χ0v) is 28.6. The molecule has 0 saturated heterocycles. The molecule has 1 heterocycles. The standard InChI is InChI=1S/C41H51FN2O3/c1-6-13-35(14-7-2)41(36-15-9-8-10-16-36,23-11-25-43-40(45)22-19-32-17-20-37(42)21-18-32)24-12-26-44-30-34-29-39(47-5)38(46-4)28-33(34)27-31(44)3/h6-10,13-18,20-21,28-29,31H,1,11-12,19,22-27,30H2,2-5H3,(H,43,45)/b14-7-,35-13+. The maximum atomic E-state index is 13.3. The van der Waals surface area contributed by atoms with Crippen molar-refractivity contribution in [3.63, 3.8) is 0 Å². The second kappa shape index (κ2) is 17.7. The number of halogens is 1. The lowest BCUT2D eigenvalue weighted by atomic mass is 9.67. The second-order valence-corrected chi connectivity index (χ2v) is 12.5. The molecule has 0 aliphatic carbocycles. The number of carbonyl (C=O) groups is 1. The highest BCUT2D eigenvalue weighted by molar-refractivity contribution is 5.76. The molecule has 5 nitrogen and oxygen atoms in total. The van der Waals surface area contributed by atoms with E-state index in [2.05, 4.69) is 91.3 Å². The van der Waals surface area contributed by atoms with Crippen LogP contribution in [-0.4, -0.2) is 44.2 Å². The Morgan fingerprint density at radius 3 is 2.36 bits per heavy atom. The number of nitrogens with one attached hydrogen (secondary N) is 1. The van der Waals surface area contributed by atoms with Crippen LogP contribution in [0.4, 0.5) is 4.39 Å². The minimum absolute atomic E-state index is 0.0172. The number of aryl methyl sites for hydroxylation is 1. The Bertz CT molecular complexity index is 1520. The van der Waals surface area contributed by atoms with Gasteiger partial charge < -0.3 is 14.8 Å². The van der Waals surface area contributed by atoms with Crippen LogP contribution in [0, 0.1) is 5.82 Å². The fourth-order valence-electron chi connectivity index (χ4n) is 6.93. The molecule has 47 heavy (non-hydrogen) atoms. The quantitative estimate of drug-likeness (QED) is 0.119. The third-order valence-corrected chi connectivity index (χ3v) is 9.45. The summed E-state index contributed by atoms with van der Waals surface area (Å²) in [4.78, 5) is 15.3. The van der Waals surface area contributed by atoms with Crippen molar-refractivity contribution in [1.82, 2.24) is 10.2 Å². The number of benzene rings is 3. The van der Waals surface area contributed by atoms with Crippen molar-refractivity contribution in [1.29, 1.82) is 0 Å². The van der Waals surface area contributed by atoms with Crippen LogP contribution in [0.1, 0.15) is 68.2 Å². The van der Waals surface area contributed by atoms with Crippen molar-refractivity contribution in [2.45, 2.75) is 76.8 Å². The van der Waals surface area contributed by atoms with Gasteiger partial charge in [-0.2, -0.15) is 0 Å². The van der Waals surface area contributed by atoms with Crippen LogP contribution in [0.3, 0.4) is 0 Å². The van der Waals surface area contributed by atoms with Gasteiger partial charge in [0, 0.05) is 31.0 Å². The van der Waals surface area contributed by atoms with Crippen molar-refractivity contribution in [3.05, 3.63) is 131 Å². The number of carbonyl (C=O) groups excluding carboxylic acids is 1. The summed E-state index contributed by atoms with van der Waals surface area (Å²) in [5.41, 5.74) is 5.86. The minimum atomic E-state index is -0.264. The number of rotatable bonds is 17. The maximum absolute atomic E-state index is 13.3. The molecule has 6 heteroatoms. The first kappa shape index (κ1) is 35.7. The van der Waals surface area contributed by atoms with E-state index in [1.807, 2.05) is 6.08 Å². The van der Waals surface area contributed by atoms with Crippen molar-refractivity contribution < 1.29 is 18.7 Å². The number of ether oxygens (including phenoxy) is 2. The summed E-state index contributed by atoms with van der Waals surface area (Å²) in [6.07, 6.45) is 14.0. The van der Waals surface area contributed by atoms with Crippen LogP contribution < -0.4 is 14.8 Å². The van der Waals surface area contributed by atoms with Crippen molar-refractivity contribution >= 4 is 5.91 Å². The lowest BCUT2D eigenvalue weighted by Crippen LogP contribution is -2.40. The average Bonchev–Trinajstić information content (AvgIpc) is 3.09. The van der Waals surface area contributed by atoms with E-state index in [0.717, 1.165) is 62.3 Å². The van der Waals surface area contributed by atoms with E-state index in [1.54, 1.807) is 26.4 Å². The predicted molar refractivity (Wildman–Crippen MR) is 191 cm³/mol. The van der Waals surface area contributed by atoms with E-state index in [1.165, 1.54) is 34.4 Å². The SMILES string of the molecule is C=C/C=C(\C=C/C)C(CCCNC(=O)CCc1ccc(F)cc1)(CCCN1Cc2cc(OC)c(OC)cc2CC1C)c1ccccc1. The number of hydrogen-bond acceptors (Lipinski definition) is 4. The summed E-state index contributed by atoms with van der Waals surface area (Å²) in [5.74, 6) is 1.31. The van der Waals surface area contributed by atoms with Crippen LogP contribution in [0.5, 0.6) is 11.5 Å². The molecular formula is C41H51FN2O3. The first-order chi connectivity index (χ1) is 22.8. The van der Waals surface area contributed by atoms with Gasteiger partial charge in [0.15, 0.2) is 11.5 Å². The maximum Gasteiger partial charge on any atom is 0.220 e. The van der Waals surface area contributed by atoms with E-state index in [4.69, 9.17) is 9.47 Å². The molecule has 3 aromatic rings. The van der Waals surface area contributed by atoms with Crippen LogP contribution in [0.25, 0.3) is 0 Å². The Morgan fingerprint density at radius 2 is 1.70 bits per heavy atom. The number of hydrogen-bond donors (Lipinski definition) is 1. The van der Waals surface area contributed by atoms with Crippen LogP contribution >= 0.6 is 0 Å². The van der Waals surface area contributed by atoms with Crippen molar-refractivity contribution in [3.8, 4) is 11.5 Å². The molecule has 0 spiro atoms. The number of allylic oxidation sites excluding steroid dienone is 5. The van der Waals surface area contributed by atoms with Crippen LogP contribution in [0.15, 0.2) is 103 Å². The first-order valence-corrected chi connectivity index (χ1v) is 16.8. The third-order valence-electron chi connectivity index (χ3n) is 9.45. The monoisotopic (exact) mass is 638 g/mol. The van der Waals surface area contributed by atoms with Crippen LogP contribution in [-0.2, 0) is 29.6 Å². The molecule has 0 saturated carbocycles. The van der Waals surface area contributed by atoms with Gasteiger partial charge in [-0.05, 0) is 111 Å². The highest BCUT2D eigenvalue weighted by Gasteiger charge is 2.35. The molecule has 1 N–H and O–H groups in total. The van der Waals surface area contributed by atoms with E-state index in [0.29, 0.717) is 25.4 Å². The number of methoxy groups -OCH3 is 2. The van der Waals surface area contributed by atoms with Gasteiger partial charge >= 0.3 is 0 Å². The second-order valence-electron chi connectivity index (χ2n) is 12.5. The first-order valence-electron chi connectivity index (χ1n) is 16.8. The predicted octanol–water partition coefficient (Wildman–Crippen LogP) is 8.53. The Morgan fingerprint density at radius 1 is 1.02 bits per heavy atom. The molecular weight excluding hydrogens is 587 g/mol. The number of fused-ring (bicyclic) bond motifs is 1. The van der Waals surface area contributed by atoms with Gasteiger partial charge in [-0.1, -0.05) is 73.3 Å².